The third kappa shape index (κ3) is 5.89. The van der Waals surface area contributed by atoms with Crippen LogP contribution in [0.1, 0.15) is 20.8 Å². The lowest BCUT2D eigenvalue weighted by Gasteiger charge is -2.19. The maximum absolute atomic E-state index is 12.0. The van der Waals surface area contributed by atoms with Crippen LogP contribution in [0.4, 0.5) is 9.93 Å². The number of thiazole rings is 1. The number of rotatable bonds is 5. The van der Waals surface area contributed by atoms with Crippen molar-refractivity contribution in [2.24, 2.45) is 7.05 Å². The Morgan fingerprint density at radius 2 is 1.90 bits per heavy atom. The highest BCUT2D eigenvalue weighted by molar-refractivity contribution is 7.14. The zero-order chi connectivity index (χ0) is 21.0. The topological polar surface area (TPSA) is 98.1 Å². The predicted molar refractivity (Wildman–Crippen MR) is 113 cm³/mol. The quantitative estimate of drug-likeness (QED) is 0.665. The number of carbonyl (C=O) groups excluding carboxylic acids is 2. The van der Waals surface area contributed by atoms with Gasteiger partial charge in [-0.05, 0) is 32.9 Å². The van der Waals surface area contributed by atoms with E-state index < -0.39 is 11.7 Å². The Morgan fingerprint density at radius 3 is 2.55 bits per heavy atom. The van der Waals surface area contributed by atoms with Crippen LogP contribution < -0.4 is 10.6 Å². The van der Waals surface area contributed by atoms with Crippen molar-refractivity contribution >= 4 is 28.5 Å². The number of hydrogen-bond acceptors (Lipinski definition) is 6. The SMILES string of the molecule is Cn1ccc(-c2cccc(-c3csc(NC(=O)CNC(=O)OC(C)(C)C)n3)c2)n1. The van der Waals surface area contributed by atoms with Crippen molar-refractivity contribution in [2.75, 3.05) is 11.9 Å². The number of ether oxygens (including phenoxy) is 1. The molecule has 0 radical (unpaired) electrons. The summed E-state index contributed by atoms with van der Waals surface area (Å²) in [6.07, 6.45) is 1.25. The molecule has 3 aromatic rings. The first-order valence-electron chi connectivity index (χ1n) is 9.02. The van der Waals surface area contributed by atoms with Gasteiger partial charge in [0.05, 0.1) is 11.4 Å². The Morgan fingerprint density at radius 1 is 1.17 bits per heavy atom. The molecular weight excluding hydrogens is 390 g/mol. The molecule has 0 bridgehead atoms. The molecule has 0 atom stereocenters. The summed E-state index contributed by atoms with van der Waals surface area (Å²) in [4.78, 5) is 28.1. The van der Waals surface area contributed by atoms with Crippen LogP contribution in [0.2, 0.25) is 0 Å². The van der Waals surface area contributed by atoms with Crippen molar-refractivity contribution in [2.45, 2.75) is 26.4 Å². The second kappa shape index (κ2) is 8.44. The number of hydrogen-bond donors (Lipinski definition) is 2. The molecule has 29 heavy (non-hydrogen) atoms. The molecule has 0 fully saturated rings. The lowest BCUT2D eigenvalue weighted by Crippen LogP contribution is -2.37. The molecule has 0 aliphatic rings. The number of aryl methyl sites for hydroxylation is 1. The van der Waals surface area contributed by atoms with Crippen molar-refractivity contribution in [3.63, 3.8) is 0 Å². The van der Waals surface area contributed by atoms with Crippen LogP contribution in [-0.2, 0) is 16.6 Å². The first kappa shape index (κ1) is 20.5. The molecule has 3 rings (SSSR count). The Kier molecular flexibility index (Phi) is 5.97. The molecular formula is C20H23N5O3S. The fourth-order valence-electron chi connectivity index (χ4n) is 2.50. The zero-order valence-corrected chi connectivity index (χ0v) is 17.5. The average molecular weight is 414 g/mol. The van der Waals surface area contributed by atoms with Crippen LogP contribution >= 0.6 is 11.3 Å². The summed E-state index contributed by atoms with van der Waals surface area (Å²) < 4.78 is 6.85. The van der Waals surface area contributed by atoms with Gasteiger partial charge in [-0.25, -0.2) is 9.78 Å². The van der Waals surface area contributed by atoms with Crippen molar-refractivity contribution in [1.29, 1.82) is 0 Å². The molecule has 0 aliphatic carbocycles. The zero-order valence-electron chi connectivity index (χ0n) is 16.7. The fraction of sp³-hybridized carbons (Fsp3) is 0.300. The molecule has 2 aromatic heterocycles. The lowest BCUT2D eigenvalue weighted by atomic mass is 10.1. The van der Waals surface area contributed by atoms with Crippen molar-refractivity contribution in [1.82, 2.24) is 20.1 Å². The van der Waals surface area contributed by atoms with Gasteiger partial charge >= 0.3 is 6.09 Å². The van der Waals surface area contributed by atoms with Crippen molar-refractivity contribution in [3.05, 3.63) is 41.9 Å². The number of amides is 2. The van der Waals surface area contributed by atoms with E-state index in [1.54, 1.807) is 25.5 Å². The van der Waals surface area contributed by atoms with E-state index in [1.165, 1.54) is 11.3 Å². The van der Waals surface area contributed by atoms with Crippen molar-refractivity contribution in [3.8, 4) is 22.5 Å². The van der Waals surface area contributed by atoms with Gasteiger partial charge in [0.2, 0.25) is 5.91 Å². The maximum atomic E-state index is 12.0. The summed E-state index contributed by atoms with van der Waals surface area (Å²) in [6, 6.07) is 9.85. The number of nitrogens with one attached hydrogen (secondary N) is 2. The smallest absolute Gasteiger partial charge is 0.408 e. The van der Waals surface area contributed by atoms with Crippen LogP contribution in [0.25, 0.3) is 22.5 Å². The fourth-order valence-corrected chi connectivity index (χ4v) is 3.24. The maximum Gasteiger partial charge on any atom is 0.408 e. The van der Waals surface area contributed by atoms with E-state index in [0.29, 0.717) is 5.13 Å². The average Bonchev–Trinajstić information content (AvgIpc) is 3.28. The molecule has 0 aliphatic heterocycles. The van der Waals surface area contributed by atoms with Crippen LogP contribution in [0.15, 0.2) is 41.9 Å². The van der Waals surface area contributed by atoms with E-state index in [9.17, 15) is 9.59 Å². The molecule has 152 valence electrons. The second-order valence-electron chi connectivity index (χ2n) is 7.40. The molecule has 2 N–H and O–H groups in total. The number of aromatic nitrogens is 3. The summed E-state index contributed by atoms with van der Waals surface area (Å²) in [6.45, 7) is 5.07. The molecule has 2 heterocycles. The highest BCUT2D eigenvalue weighted by Crippen LogP contribution is 2.28. The highest BCUT2D eigenvalue weighted by atomic mass is 32.1. The summed E-state index contributed by atoms with van der Waals surface area (Å²) in [5.41, 5.74) is 2.93. The molecule has 0 spiro atoms. The minimum atomic E-state index is -0.640. The molecule has 9 heteroatoms. The molecule has 0 saturated carbocycles. The van der Waals surface area contributed by atoms with Gasteiger partial charge in [0.1, 0.15) is 12.1 Å². The van der Waals surface area contributed by atoms with Gasteiger partial charge in [-0.1, -0.05) is 18.2 Å². The first-order chi connectivity index (χ1) is 13.7. The molecule has 0 saturated heterocycles. The summed E-state index contributed by atoms with van der Waals surface area (Å²) >= 11 is 1.32. The minimum absolute atomic E-state index is 0.195. The first-order valence-corrected chi connectivity index (χ1v) is 9.90. The van der Waals surface area contributed by atoms with Crippen molar-refractivity contribution < 1.29 is 14.3 Å². The van der Waals surface area contributed by atoms with Gasteiger partial charge in [-0.3, -0.25) is 9.48 Å². The van der Waals surface area contributed by atoms with E-state index in [-0.39, 0.29) is 12.5 Å². The monoisotopic (exact) mass is 413 g/mol. The van der Waals surface area contributed by atoms with Gasteiger partial charge in [0, 0.05) is 29.8 Å². The summed E-state index contributed by atoms with van der Waals surface area (Å²) in [5, 5.41) is 11.8. The van der Waals surface area contributed by atoms with Gasteiger partial charge in [0.25, 0.3) is 0 Å². The van der Waals surface area contributed by atoms with Gasteiger partial charge in [0.15, 0.2) is 5.13 Å². The third-order valence-electron chi connectivity index (χ3n) is 3.71. The van der Waals surface area contributed by atoms with E-state index in [2.05, 4.69) is 20.7 Å². The summed E-state index contributed by atoms with van der Waals surface area (Å²) in [7, 11) is 1.88. The number of benzene rings is 1. The normalized spacial score (nSPS) is 11.2. The number of nitrogens with zero attached hydrogens (tertiary/aromatic N) is 3. The van der Waals surface area contributed by atoms with E-state index >= 15 is 0 Å². The van der Waals surface area contributed by atoms with Gasteiger partial charge in [-0.15, -0.1) is 11.3 Å². The molecule has 1 aromatic carbocycles. The highest BCUT2D eigenvalue weighted by Gasteiger charge is 2.17. The van der Waals surface area contributed by atoms with E-state index in [0.717, 1.165) is 22.5 Å². The molecule has 2 amide bonds. The Hall–Kier alpha value is -3.20. The Bertz CT molecular complexity index is 1020. The number of anilines is 1. The van der Waals surface area contributed by atoms with Crippen LogP contribution in [0.3, 0.4) is 0 Å². The van der Waals surface area contributed by atoms with Gasteiger partial charge < -0.3 is 15.4 Å². The van der Waals surface area contributed by atoms with Crippen LogP contribution in [0, 0.1) is 0 Å². The van der Waals surface area contributed by atoms with Crippen LogP contribution in [-0.4, -0.2) is 38.9 Å². The standard InChI is InChI=1S/C20H23N5O3S/c1-20(2,3)28-19(27)21-11-17(26)23-18-22-16(12-29-18)14-7-5-6-13(10-14)15-8-9-25(4)24-15/h5-10,12H,11H2,1-4H3,(H,21,27)(H,22,23,26). The second-order valence-corrected chi connectivity index (χ2v) is 8.26. The molecule has 8 nitrogen and oxygen atoms in total. The number of alkyl carbamates (subject to hydrolysis) is 1. The van der Waals surface area contributed by atoms with Gasteiger partial charge in [-0.2, -0.15) is 5.10 Å². The Labute approximate surface area is 172 Å². The summed E-state index contributed by atoms with van der Waals surface area (Å²) in [5.74, 6) is -0.376. The molecule has 0 unspecified atom stereocenters. The van der Waals surface area contributed by atoms with E-state index in [4.69, 9.17) is 4.74 Å². The lowest BCUT2D eigenvalue weighted by molar-refractivity contribution is -0.115. The third-order valence-corrected chi connectivity index (χ3v) is 4.47. The predicted octanol–water partition coefficient (Wildman–Crippen LogP) is 3.67. The number of carbonyl (C=O) groups is 2. The Balaban J connectivity index is 1.61. The minimum Gasteiger partial charge on any atom is -0.444 e. The largest absolute Gasteiger partial charge is 0.444 e. The van der Waals surface area contributed by atoms with Crippen LogP contribution in [0.5, 0.6) is 0 Å². The van der Waals surface area contributed by atoms with E-state index in [1.807, 2.05) is 49.0 Å².